The molecule has 1 fully saturated rings. The van der Waals surface area contributed by atoms with Crippen LogP contribution in [0.25, 0.3) is 11.1 Å². The van der Waals surface area contributed by atoms with Crippen molar-refractivity contribution in [2.75, 3.05) is 12.1 Å². The molecule has 3 aromatic carbocycles. The third-order valence-corrected chi connectivity index (χ3v) is 6.13. The van der Waals surface area contributed by atoms with Gasteiger partial charge in [0.25, 0.3) is 0 Å². The summed E-state index contributed by atoms with van der Waals surface area (Å²) < 4.78 is 51.4. The topological polar surface area (TPSA) is 47.6 Å². The van der Waals surface area contributed by atoms with Gasteiger partial charge in [-0.05, 0) is 72.4 Å². The number of rotatable bonds is 4. The van der Waals surface area contributed by atoms with Gasteiger partial charge in [0.05, 0.1) is 11.0 Å². The lowest BCUT2D eigenvalue weighted by Gasteiger charge is -2.18. The van der Waals surface area contributed by atoms with Crippen molar-refractivity contribution in [2.45, 2.75) is 31.4 Å². The number of fused-ring (bicyclic) bond motifs is 1. The molecule has 0 aromatic heterocycles. The number of alkyl halides is 3. The van der Waals surface area contributed by atoms with E-state index in [0.717, 1.165) is 11.6 Å². The van der Waals surface area contributed by atoms with Gasteiger partial charge in [-0.25, -0.2) is 0 Å². The fourth-order valence-electron chi connectivity index (χ4n) is 4.17. The van der Waals surface area contributed by atoms with Crippen molar-refractivity contribution >= 4 is 11.6 Å². The average Bonchev–Trinajstić information content (AvgIpc) is 3.45. The SMILES string of the molecule is Cc1ccc(NC(=O)C2(c3ccc4c(c3)OCO4)CC2)cc1-c1ccccc1C(F)(F)F. The minimum atomic E-state index is -4.47. The molecule has 0 bridgehead atoms. The lowest BCUT2D eigenvalue weighted by Crippen LogP contribution is -2.27. The molecule has 32 heavy (non-hydrogen) atoms. The van der Waals surface area contributed by atoms with Crippen LogP contribution in [0.5, 0.6) is 11.5 Å². The van der Waals surface area contributed by atoms with E-state index >= 15 is 0 Å². The van der Waals surface area contributed by atoms with Gasteiger partial charge >= 0.3 is 6.18 Å². The second-order valence-electron chi connectivity index (χ2n) is 8.18. The largest absolute Gasteiger partial charge is 0.454 e. The fourth-order valence-corrected chi connectivity index (χ4v) is 4.17. The summed E-state index contributed by atoms with van der Waals surface area (Å²) in [6.07, 6.45) is -3.10. The van der Waals surface area contributed by atoms with Gasteiger partial charge in [-0.1, -0.05) is 30.3 Å². The fraction of sp³-hybridized carbons (Fsp3) is 0.240. The highest BCUT2D eigenvalue weighted by Crippen LogP contribution is 2.51. The Bertz CT molecular complexity index is 1220. The van der Waals surface area contributed by atoms with Crippen molar-refractivity contribution in [3.63, 3.8) is 0 Å². The Balaban J connectivity index is 1.45. The molecule has 0 radical (unpaired) electrons. The van der Waals surface area contributed by atoms with Crippen LogP contribution < -0.4 is 14.8 Å². The number of hydrogen-bond acceptors (Lipinski definition) is 3. The van der Waals surface area contributed by atoms with Crippen molar-refractivity contribution in [1.82, 2.24) is 0 Å². The smallest absolute Gasteiger partial charge is 0.417 e. The van der Waals surface area contributed by atoms with Crippen LogP contribution in [0.4, 0.5) is 18.9 Å². The number of benzene rings is 3. The second kappa shape index (κ2) is 7.29. The molecule has 0 saturated heterocycles. The normalized spacial score (nSPS) is 16.0. The first kappa shape index (κ1) is 20.4. The maximum Gasteiger partial charge on any atom is 0.417 e. The molecule has 1 saturated carbocycles. The summed E-state index contributed by atoms with van der Waals surface area (Å²) in [7, 11) is 0. The number of ether oxygens (including phenoxy) is 2. The van der Waals surface area contributed by atoms with Gasteiger partial charge in [-0.3, -0.25) is 4.79 Å². The van der Waals surface area contributed by atoms with Crippen molar-refractivity contribution < 1.29 is 27.4 Å². The molecule has 4 nitrogen and oxygen atoms in total. The maximum absolute atomic E-state index is 13.5. The number of amides is 1. The van der Waals surface area contributed by atoms with E-state index in [9.17, 15) is 18.0 Å². The van der Waals surface area contributed by atoms with Gasteiger partial charge < -0.3 is 14.8 Å². The third-order valence-electron chi connectivity index (χ3n) is 6.13. The van der Waals surface area contributed by atoms with Crippen LogP contribution in [0.1, 0.15) is 29.5 Å². The van der Waals surface area contributed by atoms with Crippen LogP contribution in [-0.2, 0) is 16.4 Å². The molecule has 1 aliphatic carbocycles. The summed E-state index contributed by atoms with van der Waals surface area (Å²) in [6, 6.07) is 16.0. The number of aryl methyl sites for hydroxylation is 1. The van der Waals surface area contributed by atoms with Crippen LogP contribution >= 0.6 is 0 Å². The molecule has 0 spiro atoms. The first-order valence-electron chi connectivity index (χ1n) is 10.3. The zero-order chi connectivity index (χ0) is 22.5. The molecule has 2 aliphatic rings. The van der Waals surface area contributed by atoms with E-state index in [1.807, 2.05) is 12.1 Å². The Morgan fingerprint density at radius 1 is 0.938 bits per heavy atom. The Hall–Kier alpha value is -3.48. The molecule has 7 heteroatoms. The highest BCUT2D eigenvalue weighted by atomic mass is 19.4. The molecule has 0 atom stereocenters. The number of hydrogen-bond donors (Lipinski definition) is 1. The summed E-state index contributed by atoms with van der Waals surface area (Å²) in [4.78, 5) is 13.2. The van der Waals surface area contributed by atoms with E-state index < -0.39 is 17.2 Å². The van der Waals surface area contributed by atoms with Crippen LogP contribution in [0, 0.1) is 6.92 Å². The minimum absolute atomic E-state index is 0.0884. The van der Waals surface area contributed by atoms with E-state index in [1.165, 1.54) is 12.1 Å². The monoisotopic (exact) mass is 439 g/mol. The second-order valence-corrected chi connectivity index (χ2v) is 8.18. The molecular weight excluding hydrogens is 419 g/mol. The van der Waals surface area contributed by atoms with Gasteiger partial charge in [0.2, 0.25) is 12.7 Å². The van der Waals surface area contributed by atoms with Crippen LogP contribution in [0.15, 0.2) is 60.7 Å². The molecule has 164 valence electrons. The quantitative estimate of drug-likeness (QED) is 0.536. The first-order valence-corrected chi connectivity index (χ1v) is 10.3. The predicted octanol–water partition coefficient (Wildman–Crippen LogP) is 6.08. The van der Waals surface area contributed by atoms with E-state index in [2.05, 4.69) is 5.32 Å². The molecule has 0 unspecified atom stereocenters. The van der Waals surface area contributed by atoms with Crippen molar-refractivity contribution in [3.8, 4) is 22.6 Å². The lowest BCUT2D eigenvalue weighted by molar-refractivity contribution is -0.137. The number of halogens is 3. The summed E-state index contributed by atoms with van der Waals surface area (Å²) in [6.45, 7) is 1.91. The number of carbonyl (C=O) groups excluding carboxylic acids is 1. The van der Waals surface area contributed by atoms with E-state index in [-0.39, 0.29) is 18.3 Å². The highest BCUT2D eigenvalue weighted by Gasteiger charge is 2.51. The highest BCUT2D eigenvalue weighted by molar-refractivity contribution is 6.02. The molecule has 5 rings (SSSR count). The van der Waals surface area contributed by atoms with Crippen molar-refractivity contribution in [2.24, 2.45) is 0 Å². The van der Waals surface area contributed by atoms with Gasteiger partial charge in [0.15, 0.2) is 11.5 Å². The van der Waals surface area contributed by atoms with E-state index in [0.29, 0.717) is 41.2 Å². The van der Waals surface area contributed by atoms with Crippen molar-refractivity contribution in [3.05, 3.63) is 77.4 Å². The number of nitrogens with one attached hydrogen (secondary N) is 1. The van der Waals surface area contributed by atoms with Gasteiger partial charge in [0.1, 0.15) is 0 Å². The summed E-state index contributed by atoms with van der Waals surface area (Å²) in [5.74, 6) is 1.08. The first-order chi connectivity index (χ1) is 15.3. The van der Waals surface area contributed by atoms with Crippen LogP contribution in [0.2, 0.25) is 0 Å². The lowest BCUT2D eigenvalue weighted by atomic mass is 9.93. The molecular formula is C25H20F3NO3. The summed E-state index contributed by atoms with van der Waals surface area (Å²) >= 11 is 0. The Kier molecular flexibility index (Phi) is 4.65. The molecule has 1 amide bonds. The summed E-state index contributed by atoms with van der Waals surface area (Å²) in [5, 5.41) is 2.91. The summed E-state index contributed by atoms with van der Waals surface area (Å²) in [5.41, 5.74) is 1.14. The van der Waals surface area contributed by atoms with Crippen LogP contribution in [-0.4, -0.2) is 12.7 Å². The average molecular weight is 439 g/mol. The van der Waals surface area contributed by atoms with Gasteiger partial charge in [0, 0.05) is 5.69 Å². The molecule has 1 aliphatic heterocycles. The van der Waals surface area contributed by atoms with Gasteiger partial charge in [-0.15, -0.1) is 0 Å². The standard InChI is InChI=1S/C25H20F3NO3/c1-15-6-8-17(13-19(15)18-4-2-3-5-20(18)25(26,27)28)29-23(30)24(10-11-24)16-7-9-21-22(12-16)32-14-31-21/h2-9,12-13H,10-11,14H2,1H3,(H,29,30). The number of carbonyl (C=O) groups is 1. The Morgan fingerprint density at radius 3 is 2.44 bits per heavy atom. The van der Waals surface area contributed by atoms with Crippen molar-refractivity contribution in [1.29, 1.82) is 0 Å². The number of anilines is 1. The maximum atomic E-state index is 13.5. The molecule has 1 heterocycles. The molecule has 1 N–H and O–H groups in total. The van der Waals surface area contributed by atoms with E-state index in [4.69, 9.17) is 9.47 Å². The third kappa shape index (κ3) is 3.47. The van der Waals surface area contributed by atoms with Gasteiger partial charge in [-0.2, -0.15) is 13.2 Å². The van der Waals surface area contributed by atoms with Crippen LogP contribution in [0.3, 0.4) is 0 Å². The Labute approximate surface area is 183 Å². The Morgan fingerprint density at radius 2 is 1.69 bits per heavy atom. The zero-order valence-electron chi connectivity index (χ0n) is 17.3. The molecule has 3 aromatic rings. The van der Waals surface area contributed by atoms with E-state index in [1.54, 1.807) is 37.3 Å². The predicted molar refractivity (Wildman–Crippen MR) is 114 cm³/mol. The zero-order valence-corrected chi connectivity index (χ0v) is 17.3. The minimum Gasteiger partial charge on any atom is -0.454 e.